The first-order chi connectivity index (χ1) is 15.7. The standard InChI is InChI=1S/C25H29F4N3O/c1-4-23-17(3)24(25(27,28)29)30-32(23)18-7-9-20(10-8-18)33-21-11-13-31(14-12-21)19-6-5-16(2)22(26)15-19/h5-10,15,17,21,23H,4,11-14H2,1-3H3/t17?,23-/m0/s1. The van der Waals surface area contributed by atoms with Crippen molar-refractivity contribution in [3.8, 4) is 5.75 Å². The van der Waals surface area contributed by atoms with E-state index in [-0.39, 0.29) is 18.0 Å². The zero-order valence-corrected chi connectivity index (χ0v) is 19.1. The number of piperidine rings is 1. The fraction of sp³-hybridized carbons (Fsp3) is 0.480. The molecule has 2 aromatic rings. The van der Waals surface area contributed by atoms with Crippen molar-refractivity contribution < 1.29 is 22.3 Å². The number of hydrogen-bond donors (Lipinski definition) is 0. The first kappa shape index (κ1) is 23.4. The fourth-order valence-electron chi connectivity index (χ4n) is 4.65. The SMILES string of the molecule is CC[C@H]1C(C)C(C(F)(F)F)=NN1c1ccc(OC2CCN(c3ccc(C)c(F)c3)CC2)cc1. The van der Waals surface area contributed by atoms with Crippen LogP contribution >= 0.6 is 0 Å². The summed E-state index contributed by atoms with van der Waals surface area (Å²) in [6.07, 6.45) is -2.22. The van der Waals surface area contributed by atoms with E-state index in [0.717, 1.165) is 31.6 Å². The van der Waals surface area contributed by atoms with E-state index in [1.165, 1.54) is 5.01 Å². The molecule has 178 valence electrons. The van der Waals surface area contributed by atoms with Gasteiger partial charge in [0.25, 0.3) is 0 Å². The molecule has 1 saturated heterocycles. The Hall–Kier alpha value is -2.77. The van der Waals surface area contributed by atoms with Gasteiger partial charge in [0.05, 0.1) is 11.7 Å². The van der Waals surface area contributed by atoms with Gasteiger partial charge >= 0.3 is 6.18 Å². The summed E-state index contributed by atoms with van der Waals surface area (Å²) in [5, 5.41) is 5.39. The topological polar surface area (TPSA) is 28.1 Å². The lowest BCUT2D eigenvalue weighted by Crippen LogP contribution is -2.38. The third-order valence-corrected chi connectivity index (χ3v) is 6.61. The molecular weight excluding hydrogens is 434 g/mol. The zero-order valence-electron chi connectivity index (χ0n) is 19.1. The lowest BCUT2D eigenvalue weighted by Gasteiger charge is -2.34. The molecule has 33 heavy (non-hydrogen) atoms. The van der Waals surface area contributed by atoms with Gasteiger partial charge in [0.15, 0.2) is 0 Å². The van der Waals surface area contributed by atoms with Gasteiger partial charge in [0.2, 0.25) is 0 Å². The highest BCUT2D eigenvalue weighted by Crippen LogP contribution is 2.36. The van der Waals surface area contributed by atoms with Crippen LogP contribution in [-0.4, -0.2) is 37.1 Å². The molecule has 0 amide bonds. The first-order valence-electron chi connectivity index (χ1n) is 11.4. The number of alkyl halides is 3. The number of hydrogen-bond acceptors (Lipinski definition) is 4. The number of ether oxygens (including phenoxy) is 1. The second-order valence-corrected chi connectivity index (χ2v) is 8.82. The van der Waals surface area contributed by atoms with Gasteiger partial charge < -0.3 is 9.64 Å². The highest BCUT2D eigenvalue weighted by atomic mass is 19.4. The third-order valence-electron chi connectivity index (χ3n) is 6.61. The average molecular weight is 464 g/mol. The molecule has 1 fully saturated rings. The molecule has 0 radical (unpaired) electrons. The Balaban J connectivity index is 1.37. The van der Waals surface area contributed by atoms with Crippen molar-refractivity contribution in [1.82, 2.24) is 0 Å². The molecule has 0 aromatic heterocycles. The van der Waals surface area contributed by atoms with Gasteiger partial charge in [0, 0.05) is 37.5 Å². The van der Waals surface area contributed by atoms with Gasteiger partial charge in [-0.2, -0.15) is 18.3 Å². The van der Waals surface area contributed by atoms with E-state index in [1.54, 1.807) is 50.2 Å². The summed E-state index contributed by atoms with van der Waals surface area (Å²) in [4.78, 5) is 2.15. The van der Waals surface area contributed by atoms with E-state index < -0.39 is 17.8 Å². The molecule has 0 N–H and O–H groups in total. The summed E-state index contributed by atoms with van der Waals surface area (Å²) in [7, 11) is 0. The largest absolute Gasteiger partial charge is 0.490 e. The molecule has 0 spiro atoms. The Morgan fingerprint density at radius 2 is 1.67 bits per heavy atom. The number of anilines is 2. The van der Waals surface area contributed by atoms with Crippen LogP contribution in [0.4, 0.5) is 28.9 Å². The van der Waals surface area contributed by atoms with Crippen LogP contribution < -0.4 is 14.6 Å². The molecule has 0 bridgehead atoms. The van der Waals surface area contributed by atoms with Crippen molar-refractivity contribution in [2.75, 3.05) is 23.0 Å². The minimum absolute atomic E-state index is 0.0347. The van der Waals surface area contributed by atoms with Crippen LogP contribution in [0, 0.1) is 18.7 Å². The second kappa shape index (κ2) is 9.23. The minimum atomic E-state index is -4.43. The van der Waals surface area contributed by atoms with Crippen molar-refractivity contribution in [1.29, 1.82) is 0 Å². The Kier molecular flexibility index (Phi) is 6.54. The van der Waals surface area contributed by atoms with E-state index >= 15 is 0 Å². The van der Waals surface area contributed by atoms with Crippen LogP contribution in [-0.2, 0) is 0 Å². The van der Waals surface area contributed by atoms with E-state index in [2.05, 4.69) is 10.0 Å². The lowest BCUT2D eigenvalue weighted by molar-refractivity contribution is -0.0620. The van der Waals surface area contributed by atoms with Crippen LogP contribution in [0.15, 0.2) is 47.6 Å². The summed E-state index contributed by atoms with van der Waals surface area (Å²) in [5.41, 5.74) is 1.41. The molecule has 0 saturated carbocycles. The average Bonchev–Trinajstić information content (AvgIpc) is 3.13. The number of hydrazone groups is 1. The summed E-state index contributed by atoms with van der Waals surface area (Å²) in [6, 6.07) is 12.1. The van der Waals surface area contributed by atoms with Crippen LogP contribution in [0.5, 0.6) is 5.75 Å². The Labute approximate surface area is 191 Å². The van der Waals surface area contributed by atoms with Crippen molar-refractivity contribution in [2.45, 2.75) is 58.4 Å². The van der Waals surface area contributed by atoms with E-state index in [0.29, 0.717) is 23.4 Å². The van der Waals surface area contributed by atoms with Crippen molar-refractivity contribution in [3.63, 3.8) is 0 Å². The first-order valence-corrected chi connectivity index (χ1v) is 11.4. The molecule has 2 atom stereocenters. The molecule has 0 aliphatic carbocycles. The van der Waals surface area contributed by atoms with Crippen molar-refractivity contribution in [2.24, 2.45) is 11.0 Å². The van der Waals surface area contributed by atoms with Gasteiger partial charge in [0.1, 0.15) is 23.4 Å². The quantitative estimate of drug-likeness (QED) is 0.485. The molecule has 2 heterocycles. The summed E-state index contributed by atoms with van der Waals surface area (Å²) in [5.74, 6) is -0.202. The molecule has 4 nitrogen and oxygen atoms in total. The van der Waals surface area contributed by atoms with Crippen LogP contribution in [0.3, 0.4) is 0 Å². The predicted octanol–water partition coefficient (Wildman–Crippen LogP) is 6.33. The molecule has 2 aliphatic rings. The number of rotatable bonds is 5. The van der Waals surface area contributed by atoms with Crippen LogP contribution in [0.1, 0.15) is 38.7 Å². The van der Waals surface area contributed by atoms with Gasteiger partial charge in [-0.05, 0) is 55.3 Å². The normalized spacial score (nSPS) is 22.0. The number of halogens is 4. The minimum Gasteiger partial charge on any atom is -0.490 e. The number of nitrogens with zero attached hydrogens (tertiary/aromatic N) is 3. The van der Waals surface area contributed by atoms with Gasteiger partial charge in [-0.25, -0.2) is 4.39 Å². The van der Waals surface area contributed by atoms with Crippen molar-refractivity contribution in [3.05, 3.63) is 53.8 Å². The highest BCUT2D eigenvalue weighted by Gasteiger charge is 2.47. The Morgan fingerprint density at radius 3 is 2.24 bits per heavy atom. The molecule has 1 unspecified atom stereocenters. The summed E-state index contributed by atoms with van der Waals surface area (Å²) < 4.78 is 59.9. The zero-order chi connectivity index (χ0) is 23.8. The van der Waals surface area contributed by atoms with Crippen molar-refractivity contribution >= 4 is 17.1 Å². The maximum Gasteiger partial charge on any atom is 0.431 e. The Bertz CT molecular complexity index is 998. The molecular formula is C25H29F4N3O. The maximum absolute atomic E-state index is 13.9. The Morgan fingerprint density at radius 1 is 1.03 bits per heavy atom. The van der Waals surface area contributed by atoms with Gasteiger partial charge in [-0.1, -0.05) is 19.9 Å². The van der Waals surface area contributed by atoms with Gasteiger partial charge in [-0.3, -0.25) is 5.01 Å². The van der Waals surface area contributed by atoms with Gasteiger partial charge in [-0.15, -0.1) is 0 Å². The fourth-order valence-corrected chi connectivity index (χ4v) is 4.65. The lowest BCUT2D eigenvalue weighted by atomic mass is 9.95. The van der Waals surface area contributed by atoms with Crippen LogP contribution in [0.25, 0.3) is 0 Å². The van der Waals surface area contributed by atoms with E-state index in [9.17, 15) is 17.6 Å². The molecule has 4 rings (SSSR count). The molecule has 2 aromatic carbocycles. The van der Waals surface area contributed by atoms with E-state index in [4.69, 9.17) is 4.74 Å². The summed E-state index contributed by atoms with van der Waals surface area (Å²) >= 11 is 0. The predicted molar refractivity (Wildman–Crippen MR) is 123 cm³/mol. The second-order valence-electron chi connectivity index (χ2n) is 8.82. The monoisotopic (exact) mass is 463 g/mol. The highest BCUT2D eigenvalue weighted by molar-refractivity contribution is 5.95. The molecule has 2 aliphatic heterocycles. The summed E-state index contributed by atoms with van der Waals surface area (Å²) in [6.45, 7) is 6.74. The number of aryl methyl sites for hydroxylation is 1. The van der Waals surface area contributed by atoms with Crippen LogP contribution in [0.2, 0.25) is 0 Å². The third kappa shape index (κ3) is 4.94. The number of benzene rings is 2. The van der Waals surface area contributed by atoms with E-state index in [1.807, 2.05) is 13.0 Å². The maximum atomic E-state index is 13.9. The smallest absolute Gasteiger partial charge is 0.431 e. The molecule has 8 heteroatoms.